The van der Waals surface area contributed by atoms with Crippen LogP contribution in [0.25, 0.3) is 61.2 Å². The van der Waals surface area contributed by atoms with Crippen molar-refractivity contribution in [2.24, 2.45) is 0 Å². The first-order valence-electron chi connectivity index (χ1n) is 14.2. The van der Waals surface area contributed by atoms with E-state index < -0.39 is 0 Å². The molecule has 0 atom stereocenters. The summed E-state index contributed by atoms with van der Waals surface area (Å²) in [6.07, 6.45) is 0. The van der Waals surface area contributed by atoms with E-state index in [1.165, 1.54) is 22.9 Å². The van der Waals surface area contributed by atoms with Crippen LogP contribution in [0.3, 0.4) is 0 Å². The number of furan rings is 1. The summed E-state index contributed by atoms with van der Waals surface area (Å²) in [4.78, 5) is 5.21. The molecule has 0 saturated heterocycles. The first-order valence-corrected chi connectivity index (χ1v) is 14.2. The molecule has 4 heteroatoms. The van der Waals surface area contributed by atoms with E-state index in [1.807, 2.05) is 48.5 Å². The molecule has 0 unspecified atom stereocenters. The van der Waals surface area contributed by atoms with E-state index in [0.717, 1.165) is 38.8 Å². The fraction of sp³-hybridized carbons (Fsp3) is 0.162. The van der Waals surface area contributed by atoms with Crippen molar-refractivity contribution in [3.63, 3.8) is 0 Å². The van der Waals surface area contributed by atoms with Crippen LogP contribution in [0.1, 0.15) is 50.7 Å². The molecule has 0 aliphatic rings. The Morgan fingerprint density at radius 1 is 0.707 bits per heavy atom. The topological polar surface area (TPSA) is 31.0 Å². The van der Waals surface area contributed by atoms with Gasteiger partial charge in [-0.05, 0) is 58.9 Å². The summed E-state index contributed by atoms with van der Waals surface area (Å²) in [6.45, 7) is 8.95. The van der Waals surface area contributed by atoms with Gasteiger partial charge in [0.1, 0.15) is 22.8 Å². The predicted octanol–water partition coefficient (Wildman–Crippen LogP) is 10.6. The van der Waals surface area contributed by atoms with E-state index in [9.17, 15) is 0 Å². The lowest BCUT2D eigenvalue weighted by Crippen LogP contribution is -2.08. The summed E-state index contributed by atoms with van der Waals surface area (Å²) in [7, 11) is 0. The van der Waals surface area contributed by atoms with E-state index in [1.54, 1.807) is 6.07 Å². The minimum atomic E-state index is -0.267. The Morgan fingerprint density at radius 2 is 1.39 bits per heavy atom. The largest absolute Gasteiger partial charge is 0.455 e. The number of nitrogens with zero attached hydrogens (tertiary/aromatic N) is 2. The van der Waals surface area contributed by atoms with Gasteiger partial charge >= 0.3 is 0 Å². The molecule has 0 amide bonds. The van der Waals surface area contributed by atoms with E-state index >= 15 is 4.39 Å². The molecule has 7 aromatic rings. The van der Waals surface area contributed by atoms with Crippen molar-refractivity contribution in [1.82, 2.24) is 9.55 Å². The number of hydrogen-bond acceptors (Lipinski definition) is 2. The van der Waals surface area contributed by atoms with Crippen molar-refractivity contribution < 1.29 is 8.81 Å². The third-order valence-electron chi connectivity index (χ3n) is 8.04. The monoisotopic (exact) mass is 538 g/mol. The van der Waals surface area contributed by atoms with Crippen LogP contribution in [0.15, 0.2) is 108 Å². The van der Waals surface area contributed by atoms with Crippen molar-refractivity contribution in [2.45, 2.75) is 39.5 Å². The summed E-state index contributed by atoms with van der Waals surface area (Å²) < 4.78 is 24.3. The van der Waals surface area contributed by atoms with Gasteiger partial charge in [0, 0.05) is 16.3 Å². The fourth-order valence-corrected chi connectivity index (χ4v) is 6.13. The molecule has 2 aromatic heterocycles. The molecule has 0 spiro atoms. The molecule has 0 bridgehead atoms. The maximum Gasteiger partial charge on any atom is 0.149 e. The lowest BCUT2D eigenvalue weighted by Gasteiger charge is -2.22. The van der Waals surface area contributed by atoms with Gasteiger partial charge < -0.3 is 4.42 Å². The third-order valence-corrected chi connectivity index (χ3v) is 8.04. The molecular formula is C37H31FN2O. The van der Waals surface area contributed by atoms with Gasteiger partial charge in [-0.25, -0.2) is 9.37 Å². The second-order valence-electron chi connectivity index (χ2n) is 11.3. The minimum absolute atomic E-state index is 0.267. The summed E-state index contributed by atoms with van der Waals surface area (Å²) >= 11 is 0. The van der Waals surface area contributed by atoms with E-state index in [4.69, 9.17) is 9.40 Å². The van der Waals surface area contributed by atoms with Gasteiger partial charge in [-0.2, -0.15) is 0 Å². The van der Waals surface area contributed by atoms with Gasteiger partial charge in [-0.1, -0.05) is 100 Å². The molecule has 0 aliphatic heterocycles. The number of aromatic nitrogens is 2. The van der Waals surface area contributed by atoms with Crippen LogP contribution in [0.5, 0.6) is 0 Å². The van der Waals surface area contributed by atoms with Gasteiger partial charge in [-0.15, -0.1) is 0 Å². The molecule has 7 rings (SSSR count). The maximum absolute atomic E-state index is 15.4. The van der Waals surface area contributed by atoms with Crippen LogP contribution in [0.4, 0.5) is 4.39 Å². The third kappa shape index (κ3) is 3.97. The Hall–Kier alpha value is -4.70. The van der Waals surface area contributed by atoms with Crippen molar-refractivity contribution >= 4 is 33.0 Å². The van der Waals surface area contributed by atoms with Crippen LogP contribution >= 0.6 is 0 Å². The molecule has 2 heterocycles. The molecule has 0 radical (unpaired) electrons. The van der Waals surface area contributed by atoms with Gasteiger partial charge in [0.2, 0.25) is 0 Å². The molecule has 0 saturated carbocycles. The number of hydrogen-bond donors (Lipinski definition) is 0. The summed E-state index contributed by atoms with van der Waals surface area (Å²) in [5.74, 6) is 1.18. The van der Waals surface area contributed by atoms with Crippen molar-refractivity contribution in [3.05, 3.63) is 120 Å². The Morgan fingerprint density at radius 3 is 2.12 bits per heavy atom. The predicted molar refractivity (Wildman–Crippen MR) is 167 cm³/mol. The van der Waals surface area contributed by atoms with Crippen molar-refractivity contribution in [1.29, 1.82) is 0 Å². The summed E-state index contributed by atoms with van der Waals surface area (Å²) in [5, 5.41) is 1.65. The zero-order valence-corrected chi connectivity index (χ0v) is 23.7. The molecule has 0 aliphatic carbocycles. The Bertz CT molecular complexity index is 2040. The van der Waals surface area contributed by atoms with E-state index in [0.29, 0.717) is 28.6 Å². The van der Waals surface area contributed by atoms with Crippen molar-refractivity contribution in [3.8, 4) is 28.2 Å². The van der Waals surface area contributed by atoms with Gasteiger partial charge in [-0.3, -0.25) is 4.57 Å². The number of fused-ring (bicyclic) bond motifs is 4. The Kier molecular flexibility index (Phi) is 6.01. The van der Waals surface area contributed by atoms with Crippen LogP contribution in [-0.4, -0.2) is 9.55 Å². The Balaban J connectivity index is 1.60. The molecule has 202 valence electrons. The molecule has 0 fully saturated rings. The average molecular weight is 539 g/mol. The highest BCUT2D eigenvalue weighted by Gasteiger charge is 2.25. The molecule has 5 aromatic carbocycles. The van der Waals surface area contributed by atoms with Gasteiger partial charge in [0.05, 0.1) is 22.3 Å². The summed E-state index contributed by atoms with van der Waals surface area (Å²) in [6, 6.07) is 33.9. The van der Waals surface area contributed by atoms with Crippen LogP contribution < -0.4 is 0 Å². The van der Waals surface area contributed by atoms with Crippen LogP contribution in [0.2, 0.25) is 0 Å². The van der Waals surface area contributed by atoms with Crippen molar-refractivity contribution in [2.75, 3.05) is 0 Å². The standard InChI is InChI=1S/C37H31FN2O/c1-22(2)25-14-10-15-26(23(3)4)35(25)40-31-19-9-8-18-30(31)39-37(40)28-17-11-16-27-34-32(41-36(27)28)21-20-29(38)33(34)24-12-6-5-7-13-24/h5-23H,1-4H3. The minimum Gasteiger partial charge on any atom is -0.455 e. The SMILES string of the molecule is CC(C)c1cccc(C(C)C)c1-n1c(-c2cccc3c2oc2ccc(F)c(-c4ccccc4)c23)nc2ccccc21. The molecule has 3 nitrogen and oxygen atoms in total. The fourth-order valence-electron chi connectivity index (χ4n) is 6.13. The first kappa shape index (κ1) is 25.3. The molecule has 0 N–H and O–H groups in total. The van der Waals surface area contributed by atoms with Gasteiger partial charge in [0.15, 0.2) is 0 Å². The summed E-state index contributed by atoms with van der Waals surface area (Å²) in [5.41, 5.74) is 9.28. The lowest BCUT2D eigenvalue weighted by molar-refractivity contribution is 0.629. The normalized spacial score (nSPS) is 12.0. The zero-order chi connectivity index (χ0) is 28.2. The Labute approximate surface area is 238 Å². The van der Waals surface area contributed by atoms with Crippen LogP contribution in [-0.2, 0) is 0 Å². The highest BCUT2D eigenvalue weighted by molar-refractivity contribution is 6.15. The first-order chi connectivity index (χ1) is 19.9. The van der Waals surface area contributed by atoms with Crippen LogP contribution in [0, 0.1) is 5.82 Å². The number of halogens is 1. The maximum atomic E-state index is 15.4. The highest BCUT2D eigenvalue weighted by Crippen LogP contribution is 2.43. The lowest BCUT2D eigenvalue weighted by atomic mass is 9.92. The molecule has 41 heavy (non-hydrogen) atoms. The highest BCUT2D eigenvalue weighted by atomic mass is 19.1. The van der Waals surface area contributed by atoms with E-state index in [2.05, 4.69) is 74.7 Å². The van der Waals surface area contributed by atoms with Gasteiger partial charge in [0.25, 0.3) is 0 Å². The number of benzene rings is 5. The average Bonchev–Trinajstić information content (AvgIpc) is 3.55. The van der Waals surface area contributed by atoms with E-state index in [-0.39, 0.29) is 5.82 Å². The quantitative estimate of drug-likeness (QED) is 0.218. The molecular weight excluding hydrogens is 507 g/mol. The number of imidazole rings is 1. The second-order valence-corrected chi connectivity index (χ2v) is 11.3. The zero-order valence-electron chi connectivity index (χ0n) is 23.7. The number of rotatable bonds is 5. The smallest absolute Gasteiger partial charge is 0.149 e. The number of para-hydroxylation sites is 4. The second kappa shape index (κ2) is 9.74.